The zero-order valence-electron chi connectivity index (χ0n) is 9.24. The smallest absolute Gasteiger partial charge is 0.101 e. The first-order chi connectivity index (χ1) is 8.20. The first kappa shape index (κ1) is 11.4. The zero-order valence-corrected chi connectivity index (χ0v) is 9.99. The summed E-state index contributed by atoms with van der Waals surface area (Å²) in [6.07, 6.45) is 3.22. The molecule has 4 heteroatoms. The largest absolute Gasteiger partial charge is 0.353 e. The standard InChI is InChI=1S/C13H10ClN3/c1-9-2-3-11(14)6-12(9)17-13-8-16-5-4-10(13)7-15/h2-6,8,17H,1H3. The number of hydrogen-bond donors (Lipinski definition) is 1. The number of anilines is 2. The average molecular weight is 244 g/mol. The number of rotatable bonds is 2. The van der Waals surface area contributed by atoms with Crippen LogP contribution in [-0.4, -0.2) is 4.98 Å². The Hall–Kier alpha value is -2.05. The van der Waals surface area contributed by atoms with Crippen molar-refractivity contribution in [3.8, 4) is 6.07 Å². The molecule has 0 spiro atoms. The summed E-state index contributed by atoms with van der Waals surface area (Å²) in [7, 11) is 0. The number of aromatic nitrogens is 1. The lowest BCUT2D eigenvalue weighted by Crippen LogP contribution is -1.96. The molecule has 1 aromatic heterocycles. The average Bonchev–Trinajstić information content (AvgIpc) is 2.34. The molecule has 1 aromatic carbocycles. The number of pyridine rings is 1. The predicted molar refractivity (Wildman–Crippen MR) is 68.4 cm³/mol. The fourth-order valence-corrected chi connectivity index (χ4v) is 1.64. The van der Waals surface area contributed by atoms with Crippen LogP contribution in [0.5, 0.6) is 0 Å². The van der Waals surface area contributed by atoms with Gasteiger partial charge in [-0.25, -0.2) is 0 Å². The van der Waals surface area contributed by atoms with E-state index in [1.54, 1.807) is 18.5 Å². The third-order valence-electron chi connectivity index (χ3n) is 2.41. The number of halogens is 1. The molecule has 17 heavy (non-hydrogen) atoms. The van der Waals surface area contributed by atoms with Crippen LogP contribution in [0.25, 0.3) is 0 Å². The van der Waals surface area contributed by atoms with E-state index in [4.69, 9.17) is 16.9 Å². The van der Waals surface area contributed by atoms with Crippen molar-refractivity contribution in [2.45, 2.75) is 6.92 Å². The van der Waals surface area contributed by atoms with Gasteiger partial charge in [-0.2, -0.15) is 5.26 Å². The second kappa shape index (κ2) is 4.86. The number of hydrogen-bond acceptors (Lipinski definition) is 3. The highest BCUT2D eigenvalue weighted by atomic mass is 35.5. The zero-order chi connectivity index (χ0) is 12.3. The molecule has 84 valence electrons. The second-order valence-electron chi connectivity index (χ2n) is 3.62. The van der Waals surface area contributed by atoms with E-state index in [-0.39, 0.29) is 0 Å². The molecule has 0 bridgehead atoms. The summed E-state index contributed by atoms with van der Waals surface area (Å²) in [4.78, 5) is 3.99. The molecule has 2 aromatic rings. The Morgan fingerprint density at radius 1 is 1.29 bits per heavy atom. The molecule has 0 aliphatic carbocycles. The van der Waals surface area contributed by atoms with Gasteiger partial charge in [0.05, 0.1) is 17.4 Å². The lowest BCUT2D eigenvalue weighted by atomic mass is 10.2. The topological polar surface area (TPSA) is 48.7 Å². The van der Waals surface area contributed by atoms with Gasteiger partial charge in [0.2, 0.25) is 0 Å². The number of aryl methyl sites for hydroxylation is 1. The van der Waals surface area contributed by atoms with Gasteiger partial charge in [-0.3, -0.25) is 4.98 Å². The van der Waals surface area contributed by atoms with Crippen LogP contribution in [0.2, 0.25) is 5.02 Å². The normalized spacial score (nSPS) is 9.71. The van der Waals surface area contributed by atoms with Gasteiger partial charge in [0.1, 0.15) is 6.07 Å². The van der Waals surface area contributed by atoms with E-state index >= 15 is 0 Å². The number of nitriles is 1. The number of nitrogens with zero attached hydrogens (tertiary/aromatic N) is 2. The van der Waals surface area contributed by atoms with E-state index in [1.165, 1.54) is 0 Å². The van der Waals surface area contributed by atoms with Crippen molar-refractivity contribution in [3.05, 3.63) is 52.8 Å². The lowest BCUT2D eigenvalue weighted by molar-refractivity contribution is 1.30. The third kappa shape index (κ3) is 2.55. The number of benzene rings is 1. The third-order valence-corrected chi connectivity index (χ3v) is 2.65. The molecule has 0 saturated heterocycles. The quantitative estimate of drug-likeness (QED) is 0.876. The van der Waals surface area contributed by atoms with Crippen molar-refractivity contribution in [1.29, 1.82) is 5.26 Å². The second-order valence-corrected chi connectivity index (χ2v) is 4.05. The van der Waals surface area contributed by atoms with Crippen LogP contribution in [0.3, 0.4) is 0 Å². The molecule has 0 saturated carbocycles. The molecule has 1 N–H and O–H groups in total. The predicted octanol–water partition coefficient (Wildman–Crippen LogP) is 3.66. The van der Waals surface area contributed by atoms with Gasteiger partial charge < -0.3 is 5.32 Å². The van der Waals surface area contributed by atoms with Crippen molar-refractivity contribution in [1.82, 2.24) is 4.98 Å². The van der Waals surface area contributed by atoms with Crippen molar-refractivity contribution in [2.75, 3.05) is 5.32 Å². The lowest BCUT2D eigenvalue weighted by Gasteiger charge is -2.10. The van der Waals surface area contributed by atoms with Gasteiger partial charge in [-0.15, -0.1) is 0 Å². The minimum absolute atomic E-state index is 0.555. The van der Waals surface area contributed by atoms with Gasteiger partial charge in [-0.1, -0.05) is 17.7 Å². The summed E-state index contributed by atoms with van der Waals surface area (Å²) in [5.74, 6) is 0. The summed E-state index contributed by atoms with van der Waals surface area (Å²) < 4.78 is 0. The Morgan fingerprint density at radius 3 is 2.88 bits per heavy atom. The molecule has 0 atom stereocenters. The van der Waals surface area contributed by atoms with Crippen LogP contribution < -0.4 is 5.32 Å². The summed E-state index contributed by atoms with van der Waals surface area (Å²) in [5, 5.41) is 12.8. The molecule has 0 fully saturated rings. The van der Waals surface area contributed by atoms with E-state index in [0.29, 0.717) is 16.3 Å². The molecule has 0 amide bonds. The fraction of sp³-hybridized carbons (Fsp3) is 0.0769. The molecule has 1 heterocycles. The van der Waals surface area contributed by atoms with Crippen LogP contribution in [0, 0.1) is 18.3 Å². The Kier molecular flexibility index (Phi) is 3.27. The van der Waals surface area contributed by atoms with E-state index in [9.17, 15) is 0 Å². The van der Waals surface area contributed by atoms with Crippen molar-refractivity contribution in [2.24, 2.45) is 0 Å². The SMILES string of the molecule is Cc1ccc(Cl)cc1Nc1cnccc1C#N. The summed E-state index contributed by atoms with van der Waals surface area (Å²) in [6.45, 7) is 1.97. The molecule has 3 nitrogen and oxygen atoms in total. The van der Waals surface area contributed by atoms with E-state index < -0.39 is 0 Å². The monoisotopic (exact) mass is 243 g/mol. The summed E-state index contributed by atoms with van der Waals surface area (Å²) >= 11 is 5.94. The Morgan fingerprint density at radius 2 is 2.12 bits per heavy atom. The van der Waals surface area contributed by atoms with E-state index in [0.717, 1.165) is 11.3 Å². The maximum atomic E-state index is 8.98. The van der Waals surface area contributed by atoms with Gasteiger partial charge in [0, 0.05) is 16.9 Å². The van der Waals surface area contributed by atoms with Crippen LogP contribution in [0.15, 0.2) is 36.7 Å². The highest BCUT2D eigenvalue weighted by Crippen LogP contribution is 2.25. The molecule has 2 rings (SSSR count). The minimum atomic E-state index is 0.555. The minimum Gasteiger partial charge on any atom is -0.353 e. The molecule has 0 unspecified atom stereocenters. The first-order valence-electron chi connectivity index (χ1n) is 5.08. The highest BCUT2D eigenvalue weighted by molar-refractivity contribution is 6.30. The first-order valence-corrected chi connectivity index (χ1v) is 5.46. The van der Waals surface area contributed by atoms with Crippen LogP contribution >= 0.6 is 11.6 Å². The molecule has 0 aliphatic heterocycles. The van der Waals surface area contributed by atoms with Crippen LogP contribution in [0.1, 0.15) is 11.1 Å². The van der Waals surface area contributed by atoms with E-state index in [2.05, 4.69) is 16.4 Å². The van der Waals surface area contributed by atoms with E-state index in [1.807, 2.05) is 25.1 Å². The Bertz CT molecular complexity index is 587. The van der Waals surface area contributed by atoms with Gasteiger partial charge in [0.25, 0.3) is 0 Å². The van der Waals surface area contributed by atoms with Crippen molar-refractivity contribution in [3.63, 3.8) is 0 Å². The Balaban J connectivity index is 2.38. The molecular formula is C13H10ClN3. The van der Waals surface area contributed by atoms with Crippen LogP contribution in [-0.2, 0) is 0 Å². The Labute approximate surface area is 105 Å². The van der Waals surface area contributed by atoms with Gasteiger partial charge in [0.15, 0.2) is 0 Å². The van der Waals surface area contributed by atoms with Gasteiger partial charge >= 0.3 is 0 Å². The molecule has 0 radical (unpaired) electrons. The highest BCUT2D eigenvalue weighted by Gasteiger charge is 2.04. The van der Waals surface area contributed by atoms with Crippen molar-refractivity contribution < 1.29 is 0 Å². The maximum Gasteiger partial charge on any atom is 0.101 e. The summed E-state index contributed by atoms with van der Waals surface area (Å²) in [6, 6.07) is 9.36. The number of nitrogens with one attached hydrogen (secondary N) is 1. The fourth-order valence-electron chi connectivity index (χ4n) is 1.47. The maximum absolute atomic E-state index is 8.98. The van der Waals surface area contributed by atoms with Crippen LogP contribution in [0.4, 0.5) is 11.4 Å². The summed E-state index contributed by atoms with van der Waals surface area (Å²) in [5.41, 5.74) is 3.17. The van der Waals surface area contributed by atoms with Gasteiger partial charge in [-0.05, 0) is 30.7 Å². The molecule has 0 aliphatic rings. The molecular weight excluding hydrogens is 234 g/mol. The van der Waals surface area contributed by atoms with Crippen molar-refractivity contribution >= 4 is 23.0 Å².